The van der Waals surface area contributed by atoms with Gasteiger partial charge >= 0.3 is 41.5 Å². The van der Waals surface area contributed by atoms with Gasteiger partial charge in [0.25, 0.3) is 10.1 Å². The number of carboxylic acid groups (broad SMARTS) is 2. The van der Waals surface area contributed by atoms with E-state index in [9.17, 15) is 18.0 Å². The van der Waals surface area contributed by atoms with Crippen LogP contribution in [0.25, 0.3) is 0 Å². The molecule has 0 saturated carbocycles. The van der Waals surface area contributed by atoms with Crippen molar-refractivity contribution in [3.05, 3.63) is 6.92 Å². The van der Waals surface area contributed by atoms with Crippen molar-refractivity contribution in [2.75, 3.05) is 13.2 Å². The SMILES string of the molecule is O=C(O)CC(C(=O)O)S(=O)(=O)O.[CH2-]CCOCCCCCCCC.[Na+]. The van der Waals surface area contributed by atoms with Gasteiger partial charge in [0.1, 0.15) is 0 Å². The predicted octanol–water partition coefficient (Wildman–Crippen LogP) is -0.606. The Labute approximate surface area is 172 Å². The van der Waals surface area contributed by atoms with E-state index in [0.29, 0.717) is 0 Å². The van der Waals surface area contributed by atoms with Crippen LogP contribution in [0.1, 0.15) is 58.3 Å². The monoisotopic (exact) mass is 392 g/mol. The van der Waals surface area contributed by atoms with Gasteiger partial charge in [-0.1, -0.05) is 39.0 Å². The van der Waals surface area contributed by atoms with Gasteiger partial charge in [-0.3, -0.25) is 14.1 Å². The van der Waals surface area contributed by atoms with Crippen LogP contribution in [0.15, 0.2) is 0 Å². The second-order valence-electron chi connectivity index (χ2n) is 5.17. The van der Waals surface area contributed by atoms with E-state index in [-0.39, 0.29) is 29.6 Å². The van der Waals surface area contributed by atoms with E-state index in [1.54, 1.807) is 0 Å². The van der Waals surface area contributed by atoms with Crippen LogP contribution >= 0.6 is 0 Å². The van der Waals surface area contributed by atoms with E-state index in [1.807, 2.05) is 0 Å². The van der Waals surface area contributed by atoms with Crippen molar-refractivity contribution >= 4 is 22.1 Å². The Morgan fingerprint density at radius 3 is 1.92 bits per heavy atom. The van der Waals surface area contributed by atoms with Gasteiger partial charge in [-0.2, -0.15) is 14.8 Å². The Balaban J connectivity index is -0.000000372. The van der Waals surface area contributed by atoms with Crippen molar-refractivity contribution in [3.63, 3.8) is 0 Å². The summed E-state index contributed by atoms with van der Waals surface area (Å²) in [6, 6.07) is 0. The van der Waals surface area contributed by atoms with Crippen LogP contribution in [-0.2, 0) is 24.4 Å². The van der Waals surface area contributed by atoms with Crippen LogP contribution in [0, 0.1) is 6.92 Å². The number of carboxylic acids is 2. The summed E-state index contributed by atoms with van der Waals surface area (Å²) in [5.41, 5.74) is 0. The molecule has 0 fully saturated rings. The zero-order valence-corrected chi connectivity index (χ0v) is 18.0. The van der Waals surface area contributed by atoms with Gasteiger partial charge in [0.2, 0.25) is 0 Å². The molecule has 25 heavy (non-hydrogen) atoms. The topological polar surface area (TPSA) is 138 Å². The molecule has 0 bridgehead atoms. The number of hydrogen-bond donors (Lipinski definition) is 3. The molecular formula is C15H29NaO8S. The molecule has 0 aliphatic carbocycles. The third-order valence-electron chi connectivity index (χ3n) is 2.93. The molecule has 144 valence electrons. The molecule has 0 aliphatic heterocycles. The fraction of sp³-hybridized carbons (Fsp3) is 0.800. The van der Waals surface area contributed by atoms with Crippen LogP contribution in [0.4, 0.5) is 0 Å². The first-order chi connectivity index (χ1) is 11.2. The summed E-state index contributed by atoms with van der Waals surface area (Å²) in [5.74, 6) is -3.50. The Morgan fingerprint density at radius 1 is 1.04 bits per heavy atom. The third kappa shape index (κ3) is 21.8. The molecule has 1 unspecified atom stereocenters. The predicted molar refractivity (Wildman–Crippen MR) is 89.4 cm³/mol. The molecule has 0 aliphatic rings. The summed E-state index contributed by atoms with van der Waals surface area (Å²) in [6.07, 6.45) is 7.79. The maximum absolute atomic E-state index is 10.2. The number of carbonyl (C=O) groups is 2. The number of ether oxygens (including phenoxy) is 1. The normalized spacial score (nSPS) is 11.6. The van der Waals surface area contributed by atoms with Crippen LogP contribution in [0.5, 0.6) is 0 Å². The van der Waals surface area contributed by atoms with Crippen LogP contribution < -0.4 is 29.6 Å². The zero-order valence-electron chi connectivity index (χ0n) is 15.1. The minimum Gasteiger partial charge on any atom is -0.481 e. The number of unbranched alkanes of at least 4 members (excludes halogenated alkanes) is 5. The van der Waals surface area contributed by atoms with Gasteiger partial charge in [-0.15, -0.1) is 0 Å². The maximum atomic E-state index is 10.2. The van der Waals surface area contributed by atoms with Crippen molar-refractivity contribution in [1.82, 2.24) is 0 Å². The van der Waals surface area contributed by atoms with E-state index >= 15 is 0 Å². The van der Waals surface area contributed by atoms with Gasteiger partial charge in [0.15, 0.2) is 5.25 Å². The van der Waals surface area contributed by atoms with Crippen LogP contribution in [0.2, 0.25) is 0 Å². The number of hydrogen-bond acceptors (Lipinski definition) is 5. The Hall–Kier alpha value is -0.190. The Kier molecular flexibility index (Phi) is 22.0. The minimum atomic E-state index is -4.84. The molecule has 8 nitrogen and oxygen atoms in total. The average molecular weight is 392 g/mol. The smallest absolute Gasteiger partial charge is 0.481 e. The summed E-state index contributed by atoms with van der Waals surface area (Å²) >= 11 is 0. The molecule has 0 aromatic carbocycles. The molecule has 0 rings (SSSR count). The van der Waals surface area contributed by atoms with Crippen molar-refractivity contribution in [3.8, 4) is 0 Å². The summed E-state index contributed by atoms with van der Waals surface area (Å²) in [6.45, 7) is 7.73. The zero-order chi connectivity index (χ0) is 19.0. The largest absolute Gasteiger partial charge is 1.00 e. The van der Waals surface area contributed by atoms with Gasteiger partial charge in [-0.25, -0.2) is 0 Å². The van der Waals surface area contributed by atoms with Gasteiger partial charge < -0.3 is 21.9 Å². The Bertz CT molecular complexity index is 429. The fourth-order valence-electron chi connectivity index (χ4n) is 1.67. The van der Waals surface area contributed by atoms with E-state index in [4.69, 9.17) is 19.5 Å². The fourth-order valence-corrected chi connectivity index (χ4v) is 2.28. The average Bonchev–Trinajstić information content (AvgIpc) is 2.47. The molecule has 0 aromatic heterocycles. The first kappa shape index (κ1) is 29.6. The molecule has 1 atom stereocenters. The molecule has 3 N–H and O–H groups in total. The quantitative estimate of drug-likeness (QED) is 0.163. The molecule has 0 saturated heterocycles. The molecule has 0 amide bonds. The maximum Gasteiger partial charge on any atom is 1.00 e. The summed E-state index contributed by atoms with van der Waals surface area (Å²) in [4.78, 5) is 20.0. The van der Waals surface area contributed by atoms with Gasteiger partial charge in [-0.05, 0) is 6.42 Å². The second-order valence-corrected chi connectivity index (χ2v) is 6.77. The second kappa shape index (κ2) is 18.6. The standard InChI is InChI=1S/C11H23O.C4H6O7S.Na/c1-3-5-6-7-8-9-11-12-10-4-2;5-3(6)1-2(4(7)8)12(9,10)11;/h2-11H2,1H3;2H,1H2,(H,5,6)(H,7,8)(H,9,10,11);/q-1;;+1. The summed E-state index contributed by atoms with van der Waals surface area (Å²) in [5, 5.41) is 13.9. The first-order valence-electron chi connectivity index (χ1n) is 7.94. The molecule has 10 heteroatoms. The third-order valence-corrected chi connectivity index (χ3v) is 4.01. The van der Waals surface area contributed by atoms with Gasteiger partial charge in [0, 0.05) is 13.2 Å². The molecule has 0 radical (unpaired) electrons. The van der Waals surface area contributed by atoms with Crippen molar-refractivity contribution in [1.29, 1.82) is 0 Å². The van der Waals surface area contributed by atoms with E-state index in [2.05, 4.69) is 13.8 Å². The van der Waals surface area contributed by atoms with Crippen LogP contribution in [-0.4, -0.2) is 53.6 Å². The van der Waals surface area contributed by atoms with Gasteiger partial charge in [0.05, 0.1) is 6.42 Å². The molecular weight excluding hydrogens is 363 g/mol. The number of rotatable bonds is 13. The number of aliphatic carboxylic acids is 2. The molecule has 0 aromatic rings. The summed E-state index contributed by atoms with van der Waals surface area (Å²) < 4.78 is 34.0. The Morgan fingerprint density at radius 2 is 1.56 bits per heavy atom. The van der Waals surface area contributed by atoms with Crippen molar-refractivity contribution in [2.24, 2.45) is 0 Å². The van der Waals surface area contributed by atoms with Crippen molar-refractivity contribution in [2.45, 2.75) is 63.5 Å². The first-order valence-corrected chi connectivity index (χ1v) is 9.45. The summed E-state index contributed by atoms with van der Waals surface area (Å²) in [7, 11) is -4.84. The van der Waals surface area contributed by atoms with E-state index < -0.39 is 33.7 Å². The van der Waals surface area contributed by atoms with E-state index in [1.165, 1.54) is 38.5 Å². The molecule has 0 spiro atoms. The minimum absolute atomic E-state index is 0. The van der Waals surface area contributed by atoms with E-state index in [0.717, 1.165) is 19.6 Å². The molecule has 0 heterocycles. The van der Waals surface area contributed by atoms with Crippen molar-refractivity contribution < 1.29 is 67.1 Å². The van der Waals surface area contributed by atoms with Crippen LogP contribution in [0.3, 0.4) is 0 Å².